The summed E-state index contributed by atoms with van der Waals surface area (Å²) in [5.74, 6) is -1.67. The molecule has 2 nitrogen and oxygen atoms in total. The first-order chi connectivity index (χ1) is 10.1. The number of halogens is 3. The van der Waals surface area contributed by atoms with Gasteiger partial charge >= 0.3 is 0 Å². The summed E-state index contributed by atoms with van der Waals surface area (Å²) in [4.78, 5) is 3.97. The number of hydrogen-bond acceptors (Lipinski definition) is 2. The fourth-order valence-corrected chi connectivity index (χ4v) is 2.43. The van der Waals surface area contributed by atoms with Gasteiger partial charge in [-0.2, -0.15) is 0 Å². The maximum Gasteiger partial charge on any atom is 0.159 e. The van der Waals surface area contributed by atoms with E-state index in [1.165, 1.54) is 6.07 Å². The Labute approximate surface area is 128 Å². The van der Waals surface area contributed by atoms with Gasteiger partial charge in [0.2, 0.25) is 0 Å². The van der Waals surface area contributed by atoms with Crippen molar-refractivity contribution in [2.24, 2.45) is 0 Å². The van der Waals surface area contributed by atoms with E-state index in [-0.39, 0.29) is 6.04 Å². The van der Waals surface area contributed by atoms with Crippen LogP contribution in [0.25, 0.3) is 0 Å². The van der Waals surface area contributed by atoms with Gasteiger partial charge in [0.15, 0.2) is 11.6 Å². The Morgan fingerprint density at radius 1 is 1.24 bits per heavy atom. The predicted molar refractivity (Wildman–Crippen MR) is 80.3 cm³/mol. The van der Waals surface area contributed by atoms with E-state index in [9.17, 15) is 8.78 Å². The first kappa shape index (κ1) is 15.9. The molecule has 1 N–H and O–H groups in total. The van der Waals surface area contributed by atoms with Gasteiger partial charge in [-0.15, -0.1) is 0 Å². The van der Waals surface area contributed by atoms with Crippen molar-refractivity contribution < 1.29 is 8.78 Å². The lowest BCUT2D eigenvalue weighted by Crippen LogP contribution is -2.24. The Bertz CT molecular complexity index is 605. The van der Waals surface area contributed by atoms with Crippen LogP contribution in [0.3, 0.4) is 0 Å². The standard InChI is InChI=1S/C16H17ClF2N2/c1-2-6-21-16(12-5-7-20-10-13(12)17)9-11-3-4-14(18)15(19)8-11/h3-5,7-8,10,16,21H,2,6,9H2,1H3. The molecule has 2 rings (SSSR count). The third kappa shape index (κ3) is 4.22. The largest absolute Gasteiger partial charge is 0.310 e. The van der Waals surface area contributed by atoms with Gasteiger partial charge in [0, 0.05) is 18.4 Å². The average Bonchev–Trinajstić information content (AvgIpc) is 2.48. The van der Waals surface area contributed by atoms with Crippen LogP contribution < -0.4 is 5.32 Å². The second kappa shape index (κ2) is 7.48. The molecule has 1 aromatic carbocycles. The summed E-state index contributed by atoms with van der Waals surface area (Å²) in [5, 5.41) is 3.94. The van der Waals surface area contributed by atoms with Crippen molar-refractivity contribution in [2.45, 2.75) is 25.8 Å². The van der Waals surface area contributed by atoms with Crippen molar-refractivity contribution in [1.29, 1.82) is 0 Å². The highest BCUT2D eigenvalue weighted by atomic mass is 35.5. The van der Waals surface area contributed by atoms with Crippen molar-refractivity contribution >= 4 is 11.6 Å². The molecule has 1 aromatic heterocycles. The second-order valence-electron chi connectivity index (χ2n) is 4.86. The summed E-state index contributed by atoms with van der Waals surface area (Å²) >= 11 is 6.18. The summed E-state index contributed by atoms with van der Waals surface area (Å²) in [5.41, 5.74) is 1.63. The van der Waals surface area contributed by atoms with Crippen LogP contribution in [0, 0.1) is 11.6 Å². The van der Waals surface area contributed by atoms with Crippen molar-refractivity contribution in [3.05, 3.63) is 64.4 Å². The minimum atomic E-state index is -0.834. The van der Waals surface area contributed by atoms with E-state index in [4.69, 9.17) is 11.6 Å². The molecule has 0 radical (unpaired) electrons. The van der Waals surface area contributed by atoms with Gasteiger partial charge in [-0.1, -0.05) is 24.6 Å². The van der Waals surface area contributed by atoms with Gasteiger partial charge in [-0.3, -0.25) is 4.98 Å². The fraction of sp³-hybridized carbons (Fsp3) is 0.312. The number of pyridine rings is 1. The normalized spacial score (nSPS) is 12.4. The van der Waals surface area contributed by atoms with Crippen LogP contribution >= 0.6 is 11.6 Å². The Hall–Kier alpha value is -1.52. The summed E-state index contributed by atoms with van der Waals surface area (Å²) in [7, 11) is 0. The highest BCUT2D eigenvalue weighted by molar-refractivity contribution is 6.31. The Morgan fingerprint density at radius 3 is 2.71 bits per heavy atom. The van der Waals surface area contributed by atoms with Crippen LogP contribution in [0.1, 0.15) is 30.5 Å². The number of rotatable bonds is 6. The molecule has 0 amide bonds. The van der Waals surface area contributed by atoms with E-state index in [0.717, 1.165) is 30.2 Å². The van der Waals surface area contributed by atoms with Crippen LogP contribution in [0.15, 0.2) is 36.7 Å². The molecule has 1 heterocycles. The molecular formula is C16H17ClF2N2. The van der Waals surface area contributed by atoms with Crippen molar-refractivity contribution in [3.8, 4) is 0 Å². The van der Waals surface area contributed by atoms with Crippen molar-refractivity contribution in [3.63, 3.8) is 0 Å². The molecule has 0 aliphatic rings. The molecule has 112 valence electrons. The van der Waals surface area contributed by atoms with Gasteiger partial charge in [0.25, 0.3) is 0 Å². The topological polar surface area (TPSA) is 24.9 Å². The van der Waals surface area contributed by atoms with Crippen LogP contribution in [0.2, 0.25) is 5.02 Å². The SMILES string of the molecule is CCCNC(Cc1ccc(F)c(F)c1)c1ccncc1Cl. The first-order valence-corrected chi connectivity index (χ1v) is 7.26. The lowest BCUT2D eigenvalue weighted by atomic mass is 9.99. The Balaban J connectivity index is 2.24. The third-order valence-corrected chi connectivity index (χ3v) is 3.56. The fourth-order valence-electron chi connectivity index (χ4n) is 2.18. The van der Waals surface area contributed by atoms with Gasteiger partial charge in [0.05, 0.1) is 5.02 Å². The molecule has 0 aliphatic carbocycles. The minimum Gasteiger partial charge on any atom is -0.310 e. The predicted octanol–water partition coefficient (Wildman–Crippen LogP) is 4.30. The van der Waals surface area contributed by atoms with Gasteiger partial charge < -0.3 is 5.32 Å². The summed E-state index contributed by atoms with van der Waals surface area (Å²) in [6.07, 6.45) is 4.76. The summed E-state index contributed by atoms with van der Waals surface area (Å²) in [6, 6.07) is 5.75. The highest BCUT2D eigenvalue weighted by Crippen LogP contribution is 2.25. The molecule has 0 spiro atoms. The summed E-state index contributed by atoms with van der Waals surface area (Å²) < 4.78 is 26.3. The quantitative estimate of drug-likeness (QED) is 0.860. The molecular weight excluding hydrogens is 294 g/mol. The van der Waals surface area contributed by atoms with Crippen molar-refractivity contribution in [1.82, 2.24) is 10.3 Å². The molecule has 1 unspecified atom stereocenters. The van der Waals surface area contributed by atoms with E-state index in [1.807, 2.05) is 6.07 Å². The molecule has 0 aliphatic heterocycles. The molecule has 0 fully saturated rings. The maximum atomic E-state index is 13.3. The lowest BCUT2D eigenvalue weighted by Gasteiger charge is -2.20. The zero-order valence-electron chi connectivity index (χ0n) is 11.7. The monoisotopic (exact) mass is 310 g/mol. The second-order valence-corrected chi connectivity index (χ2v) is 5.26. The summed E-state index contributed by atoms with van der Waals surface area (Å²) in [6.45, 7) is 2.88. The van der Waals surface area contributed by atoms with Gasteiger partial charge in [-0.25, -0.2) is 8.78 Å². The maximum absolute atomic E-state index is 13.3. The smallest absolute Gasteiger partial charge is 0.159 e. The van der Waals surface area contributed by atoms with E-state index < -0.39 is 11.6 Å². The zero-order chi connectivity index (χ0) is 15.2. The zero-order valence-corrected chi connectivity index (χ0v) is 12.5. The number of hydrogen-bond donors (Lipinski definition) is 1. The van der Waals surface area contributed by atoms with E-state index in [1.54, 1.807) is 18.5 Å². The first-order valence-electron chi connectivity index (χ1n) is 6.88. The Morgan fingerprint density at radius 2 is 2.05 bits per heavy atom. The van der Waals surface area contributed by atoms with Crippen LogP contribution in [0.4, 0.5) is 8.78 Å². The van der Waals surface area contributed by atoms with Crippen molar-refractivity contribution in [2.75, 3.05) is 6.54 Å². The average molecular weight is 311 g/mol. The number of nitrogens with zero attached hydrogens (tertiary/aromatic N) is 1. The van der Waals surface area contributed by atoms with Gasteiger partial charge in [0.1, 0.15) is 0 Å². The third-order valence-electron chi connectivity index (χ3n) is 3.24. The molecule has 1 atom stereocenters. The molecule has 0 bridgehead atoms. The molecule has 5 heteroatoms. The van der Waals surface area contributed by atoms with Crippen LogP contribution in [0.5, 0.6) is 0 Å². The molecule has 21 heavy (non-hydrogen) atoms. The number of nitrogens with one attached hydrogen (secondary N) is 1. The molecule has 0 saturated carbocycles. The Kier molecular flexibility index (Phi) is 5.65. The highest BCUT2D eigenvalue weighted by Gasteiger charge is 2.15. The molecule has 0 saturated heterocycles. The molecule has 2 aromatic rings. The number of aromatic nitrogens is 1. The van der Waals surface area contributed by atoms with E-state index >= 15 is 0 Å². The van der Waals surface area contributed by atoms with Crippen LogP contribution in [-0.4, -0.2) is 11.5 Å². The van der Waals surface area contributed by atoms with Gasteiger partial charge in [-0.05, 0) is 48.7 Å². The lowest BCUT2D eigenvalue weighted by molar-refractivity contribution is 0.500. The van der Waals surface area contributed by atoms with E-state index in [0.29, 0.717) is 11.4 Å². The van der Waals surface area contributed by atoms with Crippen LogP contribution in [-0.2, 0) is 6.42 Å². The van der Waals surface area contributed by atoms with E-state index in [2.05, 4.69) is 17.2 Å². The minimum absolute atomic E-state index is 0.0645. The number of benzene rings is 1.